The Bertz CT molecular complexity index is 1070. The molecule has 3 aromatic heterocycles. The van der Waals surface area contributed by atoms with E-state index < -0.39 is 12.1 Å². The number of hydrogen-bond acceptors (Lipinski definition) is 10. The molecule has 0 saturated carbocycles. The summed E-state index contributed by atoms with van der Waals surface area (Å²) in [5.41, 5.74) is 1.13. The molecule has 0 amide bonds. The molecule has 0 N–H and O–H groups in total. The van der Waals surface area contributed by atoms with Gasteiger partial charge in [0.25, 0.3) is 0 Å². The number of nitriles is 1. The molecule has 31 heavy (non-hydrogen) atoms. The summed E-state index contributed by atoms with van der Waals surface area (Å²) in [5.74, 6) is -0.457. The largest absolute Gasteiger partial charge is 0.486 e. The van der Waals surface area contributed by atoms with Gasteiger partial charge in [0.2, 0.25) is 5.95 Å². The first kappa shape index (κ1) is 20.3. The van der Waals surface area contributed by atoms with Gasteiger partial charge in [-0.15, -0.1) is 5.10 Å². The summed E-state index contributed by atoms with van der Waals surface area (Å²) in [6.07, 6.45) is 1.43. The summed E-state index contributed by atoms with van der Waals surface area (Å²) in [5, 5.41) is 15.6. The average molecular weight is 432 g/mol. The summed E-state index contributed by atoms with van der Waals surface area (Å²) in [6.45, 7) is 1.86. The van der Waals surface area contributed by atoms with Crippen molar-refractivity contribution in [1.29, 1.82) is 5.26 Å². The molecule has 1 aliphatic rings. The lowest BCUT2D eigenvalue weighted by Gasteiger charge is -2.33. The van der Waals surface area contributed by atoms with Crippen LogP contribution in [0.25, 0.3) is 0 Å². The third-order valence-electron chi connectivity index (χ3n) is 4.53. The van der Waals surface area contributed by atoms with Crippen LogP contribution in [0.1, 0.15) is 17.0 Å². The van der Waals surface area contributed by atoms with Crippen LogP contribution in [0.3, 0.4) is 0 Å². The molecule has 4 heterocycles. The van der Waals surface area contributed by atoms with Gasteiger partial charge in [0.15, 0.2) is 5.75 Å². The number of ether oxygens (including phenoxy) is 1. The highest BCUT2D eigenvalue weighted by Crippen LogP contribution is 2.30. The number of anilines is 2. The highest BCUT2D eigenvalue weighted by Gasteiger charge is 2.39. The minimum Gasteiger partial charge on any atom is -0.486 e. The van der Waals surface area contributed by atoms with Crippen molar-refractivity contribution in [2.24, 2.45) is 0 Å². The molecule has 0 atom stereocenters. The summed E-state index contributed by atoms with van der Waals surface area (Å²) in [7, 11) is 0. The van der Waals surface area contributed by atoms with Crippen molar-refractivity contribution in [3.8, 4) is 11.8 Å². The second kappa shape index (κ2) is 8.42. The molecule has 3 aromatic rings. The zero-order valence-electron chi connectivity index (χ0n) is 16.0. The second-order valence-electron chi connectivity index (χ2n) is 6.51. The molecule has 0 spiro atoms. The summed E-state index contributed by atoms with van der Waals surface area (Å²) in [4.78, 5) is 15.9. The maximum Gasteiger partial charge on any atom is 0.470 e. The van der Waals surface area contributed by atoms with Crippen LogP contribution >= 0.6 is 0 Å². The van der Waals surface area contributed by atoms with Crippen molar-refractivity contribution in [2.45, 2.75) is 12.8 Å². The molecular formula is C18H15F3N8O2. The molecule has 160 valence electrons. The molecule has 0 aromatic carbocycles. The molecule has 1 saturated heterocycles. The van der Waals surface area contributed by atoms with Gasteiger partial charge in [-0.05, 0) is 6.07 Å². The van der Waals surface area contributed by atoms with Gasteiger partial charge in [0.05, 0.1) is 18.0 Å². The van der Waals surface area contributed by atoms with E-state index in [-0.39, 0.29) is 12.6 Å². The number of piperazine rings is 1. The molecule has 0 aliphatic carbocycles. The topological polar surface area (TPSA) is 117 Å². The van der Waals surface area contributed by atoms with Gasteiger partial charge in [-0.1, -0.05) is 5.10 Å². The lowest BCUT2D eigenvalue weighted by atomic mass is 10.2. The van der Waals surface area contributed by atoms with Crippen molar-refractivity contribution >= 4 is 12.0 Å². The molecule has 13 heteroatoms. The molecule has 1 fully saturated rings. The van der Waals surface area contributed by atoms with E-state index >= 15 is 0 Å². The number of aromatic nitrogens is 5. The van der Waals surface area contributed by atoms with E-state index in [1.165, 1.54) is 18.6 Å². The lowest BCUT2D eigenvalue weighted by Crippen LogP contribution is -2.47. The van der Waals surface area contributed by atoms with Gasteiger partial charge in [-0.3, -0.25) is 4.98 Å². The maximum absolute atomic E-state index is 12.6. The van der Waals surface area contributed by atoms with E-state index in [1.807, 2.05) is 4.90 Å². The zero-order chi connectivity index (χ0) is 21.8. The first-order valence-corrected chi connectivity index (χ1v) is 9.12. The van der Waals surface area contributed by atoms with Crippen LogP contribution in [0.4, 0.5) is 25.1 Å². The van der Waals surface area contributed by atoms with Crippen molar-refractivity contribution in [2.75, 3.05) is 36.0 Å². The number of rotatable bonds is 5. The van der Waals surface area contributed by atoms with Crippen LogP contribution in [0.15, 0.2) is 35.3 Å². The third kappa shape index (κ3) is 4.63. The summed E-state index contributed by atoms with van der Waals surface area (Å²) >= 11 is 0. The number of pyridine rings is 1. The predicted octanol–water partition coefficient (Wildman–Crippen LogP) is 2.05. The fourth-order valence-electron chi connectivity index (χ4n) is 2.91. The minimum absolute atomic E-state index is 0.163. The van der Waals surface area contributed by atoms with Gasteiger partial charge in [0.1, 0.15) is 12.7 Å². The van der Waals surface area contributed by atoms with E-state index in [2.05, 4.69) is 31.2 Å². The van der Waals surface area contributed by atoms with Crippen LogP contribution in [-0.2, 0) is 12.8 Å². The Morgan fingerprint density at radius 2 is 1.77 bits per heavy atom. The fraction of sp³-hybridized carbons (Fsp3) is 0.333. The molecule has 4 rings (SSSR count). The van der Waals surface area contributed by atoms with Gasteiger partial charge in [-0.25, -0.2) is 9.97 Å². The zero-order valence-corrected chi connectivity index (χ0v) is 16.0. The Hall–Kier alpha value is -3.95. The van der Waals surface area contributed by atoms with Crippen molar-refractivity contribution in [3.63, 3.8) is 0 Å². The van der Waals surface area contributed by atoms with E-state index in [9.17, 15) is 13.2 Å². The quantitative estimate of drug-likeness (QED) is 0.593. The third-order valence-corrected chi connectivity index (χ3v) is 4.53. The number of hydrogen-bond donors (Lipinski definition) is 0. The SMILES string of the molecule is N#Cc1cnccc1COc1cnc(N2CCN(c3nnc(C(F)(F)F)o3)CC2)nc1. The van der Waals surface area contributed by atoms with Crippen LogP contribution in [-0.4, -0.2) is 51.3 Å². The van der Waals surface area contributed by atoms with E-state index in [0.717, 1.165) is 0 Å². The Kier molecular flexibility index (Phi) is 5.52. The molecule has 0 radical (unpaired) electrons. The average Bonchev–Trinajstić information content (AvgIpc) is 3.29. The lowest BCUT2D eigenvalue weighted by molar-refractivity contribution is -0.157. The fourth-order valence-corrected chi connectivity index (χ4v) is 2.91. The van der Waals surface area contributed by atoms with E-state index in [0.29, 0.717) is 49.0 Å². The molecule has 0 bridgehead atoms. The van der Waals surface area contributed by atoms with Crippen molar-refractivity contribution < 1.29 is 22.3 Å². The highest BCUT2D eigenvalue weighted by atomic mass is 19.4. The van der Waals surface area contributed by atoms with Crippen molar-refractivity contribution in [1.82, 2.24) is 25.1 Å². The standard InChI is InChI=1S/C18H15F3N8O2/c19-18(20,21)15-26-27-17(31-15)29-5-3-28(4-6-29)16-24-9-14(10-25-16)30-11-12-1-2-23-8-13(12)7-22/h1-2,8-10H,3-6,11H2. The number of alkyl halides is 3. The number of nitrogens with zero attached hydrogens (tertiary/aromatic N) is 8. The van der Waals surface area contributed by atoms with E-state index in [4.69, 9.17) is 14.4 Å². The second-order valence-corrected chi connectivity index (χ2v) is 6.51. The first-order chi connectivity index (χ1) is 14.9. The minimum atomic E-state index is -4.67. The van der Waals surface area contributed by atoms with Gasteiger partial charge in [-0.2, -0.15) is 18.4 Å². The Balaban J connectivity index is 1.32. The van der Waals surface area contributed by atoms with Crippen LogP contribution in [0.5, 0.6) is 5.75 Å². The molecule has 10 nitrogen and oxygen atoms in total. The normalized spacial score (nSPS) is 14.4. The molecular weight excluding hydrogens is 417 g/mol. The Morgan fingerprint density at radius 1 is 1.06 bits per heavy atom. The van der Waals surface area contributed by atoms with Gasteiger partial charge < -0.3 is 19.0 Å². The summed E-state index contributed by atoms with van der Waals surface area (Å²) < 4.78 is 48.2. The smallest absolute Gasteiger partial charge is 0.470 e. The van der Waals surface area contributed by atoms with Crippen molar-refractivity contribution in [3.05, 3.63) is 47.9 Å². The monoisotopic (exact) mass is 432 g/mol. The maximum atomic E-state index is 12.6. The van der Waals surface area contributed by atoms with E-state index in [1.54, 1.807) is 17.2 Å². The number of halogens is 3. The predicted molar refractivity (Wildman–Crippen MR) is 99.0 cm³/mol. The first-order valence-electron chi connectivity index (χ1n) is 9.12. The van der Waals surface area contributed by atoms with Crippen LogP contribution in [0.2, 0.25) is 0 Å². The molecule has 1 aliphatic heterocycles. The van der Waals surface area contributed by atoms with Crippen LogP contribution < -0.4 is 14.5 Å². The molecule has 0 unspecified atom stereocenters. The Labute approximate surface area is 173 Å². The van der Waals surface area contributed by atoms with Gasteiger partial charge >= 0.3 is 18.1 Å². The van der Waals surface area contributed by atoms with Gasteiger partial charge in [0, 0.05) is 44.1 Å². The summed E-state index contributed by atoms with van der Waals surface area (Å²) in [6, 6.07) is 3.59. The Morgan fingerprint density at radius 3 is 2.42 bits per heavy atom. The highest BCUT2D eigenvalue weighted by molar-refractivity contribution is 5.37. The van der Waals surface area contributed by atoms with Crippen LogP contribution in [0, 0.1) is 11.3 Å².